The van der Waals surface area contributed by atoms with Crippen molar-refractivity contribution in [3.63, 3.8) is 0 Å². The summed E-state index contributed by atoms with van der Waals surface area (Å²) in [5.41, 5.74) is 1.31. The van der Waals surface area contributed by atoms with E-state index in [1.807, 2.05) is 13.0 Å². The Morgan fingerprint density at radius 3 is 2.64 bits per heavy atom. The van der Waals surface area contributed by atoms with E-state index in [4.69, 9.17) is 0 Å². The molecule has 2 N–H and O–H groups in total. The summed E-state index contributed by atoms with van der Waals surface area (Å²) in [7, 11) is 0. The Bertz CT molecular complexity index is 961. The number of rotatable bonds is 3. The highest BCUT2D eigenvalue weighted by atomic mass is 19.3. The summed E-state index contributed by atoms with van der Waals surface area (Å²) in [6.07, 6.45) is 3.30. The van der Waals surface area contributed by atoms with Crippen LogP contribution in [0.3, 0.4) is 0 Å². The van der Waals surface area contributed by atoms with Crippen LogP contribution in [0, 0.1) is 19.3 Å². The van der Waals surface area contributed by atoms with Crippen molar-refractivity contribution in [2.45, 2.75) is 32.6 Å². The Kier molecular flexibility index (Phi) is 4.09. The molecule has 0 bridgehead atoms. The number of aliphatic imine (C=N–C) groups is 1. The van der Waals surface area contributed by atoms with E-state index in [1.165, 1.54) is 10.9 Å². The van der Waals surface area contributed by atoms with Crippen LogP contribution in [0.2, 0.25) is 0 Å². The van der Waals surface area contributed by atoms with Crippen LogP contribution in [-0.2, 0) is 4.79 Å². The fraction of sp³-hybridized carbons (Fsp3) is 0.444. The van der Waals surface area contributed by atoms with Gasteiger partial charge in [-0.05, 0) is 25.5 Å². The Hall–Kier alpha value is -3.04. The lowest BCUT2D eigenvalue weighted by Crippen LogP contribution is -2.66. The van der Waals surface area contributed by atoms with Crippen LogP contribution in [0.4, 0.5) is 14.6 Å². The van der Waals surface area contributed by atoms with Crippen LogP contribution >= 0.6 is 0 Å². The number of aromatic amines is 1. The van der Waals surface area contributed by atoms with Crippen molar-refractivity contribution in [1.29, 1.82) is 0 Å². The van der Waals surface area contributed by atoms with Gasteiger partial charge in [-0.25, -0.2) is 13.5 Å². The molecule has 3 heterocycles. The first-order valence-corrected chi connectivity index (χ1v) is 8.89. The number of hydrogen-bond acceptors (Lipinski definition) is 4. The molecule has 1 spiro atoms. The van der Waals surface area contributed by atoms with Crippen molar-refractivity contribution in [3.05, 3.63) is 35.3 Å². The van der Waals surface area contributed by atoms with Gasteiger partial charge < -0.3 is 9.88 Å². The second kappa shape index (κ2) is 6.25. The standard InChI is InChI=1S/C18H20F2N6O2/c1-11-3-4-21-14(11)24-16(22-10-27)26-12(2)13(5-23-26)15(28)25-8-17(9-25)6-18(19,20)7-17/h3-5,10,21H,6-9H2,1-2H3,(H,22,24,27). The van der Waals surface area contributed by atoms with Crippen molar-refractivity contribution in [1.82, 2.24) is 25.0 Å². The number of alkyl halides is 2. The number of halogens is 2. The lowest BCUT2D eigenvalue weighted by atomic mass is 9.61. The van der Waals surface area contributed by atoms with Gasteiger partial charge in [0, 0.05) is 37.5 Å². The second-order valence-electron chi connectivity index (χ2n) is 7.63. The molecule has 1 aliphatic heterocycles. The molecule has 2 aliphatic rings. The molecule has 2 fully saturated rings. The number of carbonyl (C=O) groups excluding carboxylic acids is 2. The Labute approximate surface area is 159 Å². The molecule has 1 aliphatic carbocycles. The Morgan fingerprint density at radius 1 is 1.36 bits per heavy atom. The second-order valence-corrected chi connectivity index (χ2v) is 7.63. The normalized spacial score (nSPS) is 19.9. The first-order valence-electron chi connectivity index (χ1n) is 8.89. The fourth-order valence-corrected chi connectivity index (χ4v) is 4.04. The maximum Gasteiger partial charge on any atom is 0.257 e. The molecule has 4 rings (SSSR count). The van der Waals surface area contributed by atoms with Crippen LogP contribution in [0.15, 0.2) is 23.5 Å². The quantitative estimate of drug-likeness (QED) is 0.477. The SMILES string of the molecule is Cc1cc[nH]c1/N=C(\NC=O)n1ncc(C(=O)N2CC3(C2)CC(F)(F)C3)c1C. The number of hydrogen-bond donors (Lipinski definition) is 2. The van der Waals surface area contributed by atoms with E-state index >= 15 is 0 Å². The van der Waals surface area contributed by atoms with Gasteiger partial charge in [0.1, 0.15) is 5.82 Å². The predicted molar refractivity (Wildman–Crippen MR) is 96.7 cm³/mol. The van der Waals surface area contributed by atoms with E-state index in [2.05, 4.69) is 20.4 Å². The van der Waals surface area contributed by atoms with Crippen molar-refractivity contribution in [3.8, 4) is 0 Å². The van der Waals surface area contributed by atoms with Gasteiger partial charge in [-0.2, -0.15) is 10.1 Å². The third-order valence-corrected chi connectivity index (χ3v) is 5.38. The topological polar surface area (TPSA) is 95.4 Å². The van der Waals surface area contributed by atoms with Crippen molar-refractivity contribution in [2.75, 3.05) is 13.1 Å². The van der Waals surface area contributed by atoms with E-state index in [0.717, 1.165) is 5.56 Å². The van der Waals surface area contributed by atoms with Crippen molar-refractivity contribution in [2.24, 2.45) is 10.4 Å². The molecular weight excluding hydrogens is 370 g/mol. The molecule has 0 aromatic carbocycles. The van der Waals surface area contributed by atoms with Gasteiger partial charge in [0.05, 0.1) is 17.5 Å². The van der Waals surface area contributed by atoms with Crippen LogP contribution in [0.1, 0.15) is 34.5 Å². The predicted octanol–water partition coefficient (Wildman–Crippen LogP) is 1.98. The molecule has 28 heavy (non-hydrogen) atoms. The Morgan fingerprint density at radius 2 is 2.07 bits per heavy atom. The molecule has 1 saturated carbocycles. The third kappa shape index (κ3) is 2.98. The molecule has 2 amide bonds. The van der Waals surface area contributed by atoms with Gasteiger partial charge in [-0.15, -0.1) is 0 Å². The molecule has 2 aromatic rings. The van der Waals surface area contributed by atoms with Crippen LogP contribution in [-0.4, -0.2) is 57.0 Å². The van der Waals surface area contributed by atoms with E-state index in [-0.39, 0.29) is 24.7 Å². The number of aryl methyl sites for hydroxylation is 1. The van der Waals surface area contributed by atoms with Gasteiger partial charge >= 0.3 is 0 Å². The van der Waals surface area contributed by atoms with Crippen LogP contribution in [0.25, 0.3) is 0 Å². The number of aromatic nitrogens is 3. The lowest BCUT2D eigenvalue weighted by molar-refractivity contribution is -0.203. The molecule has 0 radical (unpaired) electrons. The zero-order chi connectivity index (χ0) is 20.1. The number of nitrogens with zero attached hydrogens (tertiary/aromatic N) is 4. The summed E-state index contributed by atoms with van der Waals surface area (Å²) in [5.74, 6) is -2.15. The monoisotopic (exact) mass is 390 g/mol. The molecular formula is C18H20F2N6O2. The fourth-order valence-electron chi connectivity index (χ4n) is 4.04. The van der Waals surface area contributed by atoms with E-state index in [9.17, 15) is 18.4 Å². The molecule has 2 aromatic heterocycles. The number of amides is 2. The molecule has 0 atom stereocenters. The minimum Gasteiger partial charge on any atom is -0.346 e. The smallest absolute Gasteiger partial charge is 0.257 e. The van der Waals surface area contributed by atoms with E-state index in [1.54, 1.807) is 18.0 Å². The van der Waals surface area contributed by atoms with Gasteiger partial charge in [0.15, 0.2) is 0 Å². The first kappa shape index (κ1) is 18.3. The summed E-state index contributed by atoms with van der Waals surface area (Å²) in [5, 5.41) is 6.68. The van der Waals surface area contributed by atoms with Crippen molar-refractivity contribution >= 4 is 24.1 Å². The van der Waals surface area contributed by atoms with Gasteiger partial charge in [0.25, 0.3) is 5.91 Å². The minimum atomic E-state index is -2.60. The zero-order valence-corrected chi connectivity index (χ0v) is 15.5. The van der Waals surface area contributed by atoms with Gasteiger partial charge in [0.2, 0.25) is 18.3 Å². The molecule has 8 nitrogen and oxygen atoms in total. The molecule has 1 saturated heterocycles. The van der Waals surface area contributed by atoms with Crippen molar-refractivity contribution < 1.29 is 18.4 Å². The number of H-pyrrole nitrogens is 1. The number of carbonyl (C=O) groups is 2. The molecule has 0 unspecified atom stereocenters. The van der Waals surface area contributed by atoms with E-state index < -0.39 is 11.3 Å². The number of nitrogens with one attached hydrogen (secondary N) is 2. The summed E-state index contributed by atoms with van der Waals surface area (Å²) in [4.78, 5) is 32.6. The molecule has 148 valence electrons. The van der Waals surface area contributed by atoms with Gasteiger partial charge in [-0.1, -0.05) is 0 Å². The lowest BCUT2D eigenvalue weighted by Gasteiger charge is -2.58. The average molecular weight is 390 g/mol. The summed E-state index contributed by atoms with van der Waals surface area (Å²) in [6.45, 7) is 4.22. The highest BCUT2D eigenvalue weighted by molar-refractivity contribution is 5.98. The maximum atomic E-state index is 13.2. The molecule has 10 heteroatoms. The minimum absolute atomic E-state index is 0.149. The van der Waals surface area contributed by atoms with Crippen LogP contribution < -0.4 is 5.32 Å². The summed E-state index contributed by atoms with van der Waals surface area (Å²) in [6, 6.07) is 1.84. The zero-order valence-electron chi connectivity index (χ0n) is 15.5. The first-order chi connectivity index (χ1) is 13.2. The summed E-state index contributed by atoms with van der Waals surface area (Å²) >= 11 is 0. The highest BCUT2D eigenvalue weighted by Crippen LogP contribution is 2.56. The van der Waals surface area contributed by atoms with Gasteiger partial charge in [-0.3, -0.25) is 14.9 Å². The highest BCUT2D eigenvalue weighted by Gasteiger charge is 2.62. The van der Waals surface area contributed by atoms with Crippen LogP contribution in [0.5, 0.6) is 0 Å². The summed E-state index contributed by atoms with van der Waals surface area (Å²) < 4.78 is 27.7. The average Bonchev–Trinajstić information content (AvgIpc) is 3.15. The number of likely N-dealkylation sites (tertiary alicyclic amines) is 1. The Balaban J connectivity index is 1.54. The maximum absolute atomic E-state index is 13.2. The third-order valence-electron chi connectivity index (χ3n) is 5.38. The largest absolute Gasteiger partial charge is 0.346 e. The van der Waals surface area contributed by atoms with E-state index in [0.29, 0.717) is 36.6 Å².